The van der Waals surface area contributed by atoms with Crippen LogP contribution in [-0.4, -0.2) is 52.4 Å². The molecule has 4 aliphatic heterocycles. The molecule has 4 aliphatic rings. The van der Waals surface area contributed by atoms with Crippen LogP contribution in [-0.2, 0) is 0 Å². The molecular formula is C21H22FN3O. The predicted molar refractivity (Wildman–Crippen MR) is 96.3 cm³/mol. The van der Waals surface area contributed by atoms with E-state index in [1.54, 1.807) is 12.4 Å². The van der Waals surface area contributed by atoms with E-state index in [-0.39, 0.29) is 23.7 Å². The molecule has 0 aliphatic carbocycles. The highest BCUT2D eigenvalue weighted by Gasteiger charge is 2.54. The van der Waals surface area contributed by atoms with Crippen molar-refractivity contribution in [2.45, 2.75) is 30.8 Å². The standard InChI is InChI=1S/C21H22FN3O/c22-17-5-3-14(4-6-17)18-13-25(21(26)16-2-1-9-23-12-16)19-15-7-10-24(11-8-15)20(18)19/h1-6,9,12,15,18-20H,7-8,10-11,13H2/t18-,19+,20+/m0/s1. The van der Waals surface area contributed by atoms with Crippen LogP contribution < -0.4 is 0 Å². The summed E-state index contributed by atoms with van der Waals surface area (Å²) in [5.41, 5.74) is 1.79. The van der Waals surface area contributed by atoms with Crippen molar-refractivity contribution in [2.24, 2.45) is 5.92 Å². The summed E-state index contributed by atoms with van der Waals surface area (Å²) in [7, 11) is 0. The number of amides is 1. The molecule has 4 nitrogen and oxygen atoms in total. The molecule has 0 spiro atoms. The fourth-order valence-electron chi connectivity index (χ4n) is 5.31. The van der Waals surface area contributed by atoms with Crippen LogP contribution in [0.15, 0.2) is 48.8 Å². The molecule has 0 saturated carbocycles. The zero-order valence-electron chi connectivity index (χ0n) is 14.6. The molecule has 26 heavy (non-hydrogen) atoms. The van der Waals surface area contributed by atoms with Gasteiger partial charge in [0.15, 0.2) is 0 Å². The minimum Gasteiger partial charge on any atom is -0.333 e. The van der Waals surface area contributed by atoms with Gasteiger partial charge in [0.25, 0.3) is 5.91 Å². The molecule has 1 aromatic carbocycles. The summed E-state index contributed by atoms with van der Waals surface area (Å²) in [6, 6.07) is 11.1. The van der Waals surface area contributed by atoms with Crippen LogP contribution in [0, 0.1) is 11.7 Å². The Morgan fingerprint density at radius 1 is 1.08 bits per heavy atom. The molecule has 5 heteroatoms. The van der Waals surface area contributed by atoms with E-state index in [1.165, 1.54) is 12.1 Å². The predicted octanol–water partition coefficient (Wildman–Crippen LogP) is 2.92. The van der Waals surface area contributed by atoms with E-state index in [4.69, 9.17) is 0 Å². The number of likely N-dealkylation sites (tertiary alicyclic amines) is 1. The summed E-state index contributed by atoms with van der Waals surface area (Å²) in [6.45, 7) is 2.92. The summed E-state index contributed by atoms with van der Waals surface area (Å²) in [6.07, 6.45) is 5.67. The molecule has 0 radical (unpaired) electrons. The Morgan fingerprint density at radius 2 is 1.85 bits per heavy atom. The van der Waals surface area contributed by atoms with E-state index >= 15 is 0 Å². The van der Waals surface area contributed by atoms with Gasteiger partial charge in [0.1, 0.15) is 5.82 Å². The molecule has 2 bridgehead atoms. The van der Waals surface area contributed by atoms with E-state index < -0.39 is 0 Å². The highest BCUT2D eigenvalue weighted by molar-refractivity contribution is 5.94. The highest BCUT2D eigenvalue weighted by Crippen LogP contribution is 2.46. The lowest BCUT2D eigenvalue weighted by Crippen LogP contribution is -2.60. The number of aromatic nitrogens is 1. The quantitative estimate of drug-likeness (QED) is 0.835. The number of rotatable bonds is 2. The zero-order valence-corrected chi connectivity index (χ0v) is 14.6. The van der Waals surface area contributed by atoms with E-state index in [2.05, 4.69) is 14.8 Å². The van der Waals surface area contributed by atoms with Gasteiger partial charge in [-0.15, -0.1) is 0 Å². The number of pyridine rings is 1. The van der Waals surface area contributed by atoms with Crippen LogP contribution in [0.3, 0.4) is 0 Å². The van der Waals surface area contributed by atoms with Crippen molar-refractivity contribution in [1.82, 2.24) is 14.8 Å². The first-order valence-corrected chi connectivity index (χ1v) is 9.43. The van der Waals surface area contributed by atoms with Gasteiger partial charge in [-0.3, -0.25) is 14.7 Å². The maximum Gasteiger partial charge on any atom is 0.255 e. The molecule has 1 amide bonds. The Morgan fingerprint density at radius 3 is 2.54 bits per heavy atom. The second-order valence-electron chi connectivity index (χ2n) is 7.71. The molecule has 0 unspecified atom stereocenters. The third kappa shape index (κ3) is 2.45. The monoisotopic (exact) mass is 351 g/mol. The average Bonchev–Trinajstić information content (AvgIpc) is 3.12. The molecular weight excluding hydrogens is 329 g/mol. The summed E-state index contributed by atoms with van der Waals surface area (Å²) >= 11 is 0. The zero-order chi connectivity index (χ0) is 17.7. The number of carbonyl (C=O) groups excluding carboxylic acids is 1. The van der Waals surface area contributed by atoms with E-state index in [9.17, 15) is 9.18 Å². The maximum atomic E-state index is 13.4. The van der Waals surface area contributed by atoms with E-state index in [1.807, 2.05) is 24.3 Å². The van der Waals surface area contributed by atoms with Gasteiger partial charge in [0.05, 0.1) is 11.6 Å². The Balaban J connectivity index is 1.52. The SMILES string of the molecule is O=C(c1cccnc1)N1C[C@@H](c2ccc(F)cc2)[C@@H]2[C@H]1C1CCN2CC1. The highest BCUT2D eigenvalue weighted by atomic mass is 19.1. The lowest BCUT2D eigenvalue weighted by atomic mass is 9.75. The first-order chi connectivity index (χ1) is 12.7. The van der Waals surface area contributed by atoms with E-state index in [0.29, 0.717) is 24.1 Å². The summed E-state index contributed by atoms with van der Waals surface area (Å²) in [5, 5.41) is 0. The normalized spacial score (nSPS) is 32.5. The van der Waals surface area contributed by atoms with Gasteiger partial charge in [-0.05, 0) is 61.7 Å². The van der Waals surface area contributed by atoms with Crippen LogP contribution in [0.25, 0.3) is 0 Å². The summed E-state index contributed by atoms with van der Waals surface area (Å²) < 4.78 is 13.4. The minimum atomic E-state index is -0.211. The summed E-state index contributed by atoms with van der Waals surface area (Å²) in [5.74, 6) is 0.670. The van der Waals surface area contributed by atoms with E-state index in [0.717, 1.165) is 31.5 Å². The van der Waals surface area contributed by atoms with Crippen molar-refractivity contribution in [1.29, 1.82) is 0 Å². The van der Waals surface area contributed by atoms with Crippen LogP contribution in [0.2, 0.25) is 0 Å². The van der Waals surface area contributed by atoms with Gasteiger partial charge >= 0.3 is 0 Å². The Kier molecular flexibility index (Phi) is 3.78. The third-order valence-corrected chi connectivity index (χ3v) is 6.46. The van der Waals surface area contributed by atoms with Crippen molar-refractivity contribution in [3.8, 4) is 0 Å². The van der Waals surface area contributed by atoms with Crippen LogP contribution in [0.5, 0.6) is 0 Å². The number of carbonyl (C=O) groups is 1. The second-order valence-corrected chi connectivity index (χ2v) is 7.71. The van der Waals surface area contributed by atoms with Gasteiger partial charge in [-0.2, -0.15) is 0 Å². The first-order valence-electron chi connectivity index (χ1n) is 9.43. The molecule has 4 fully saturated rings. The Bertz CT molecular complexity index is 802. The number of hydrogen-bond acceptors (Lipinski definition) is 3. The molecule has 4 saturated heterocycles. The third-order valence-electron chi connectivity index (χ3n) is 6.46. The Labute approximate surface area is 152 Å². The minimum absolute atomic E-state index is 0.0754. The summed E-state index contributed by atoms with van der Waals surface area (Å²) in [4.78, 5) is 22.0. The van der Waals surface area contributed by atoms with Gasteiger partial charge in [0, 0.05) is 30.9 Å². The molecule has 6 rings (SSSR count). The topological polar surface area (TPSA) is 36.4 Å². The van der Waals surface area contributed by atoms with Gasteiger partial charge in [-0.25, -0.2) is 4.39 Å². The largest absolute Gasteiger partial charge is 0.333 e. The van der Waals surface area contributed by atoms with Crippen LogP contribution in [0.4, 0.5) is 4.39 Å². The number of benzene rings is 1. The maximum absolute atomic E-state index is 13.4. The van der Waals surface area contributed by atoms with Crippen LogP contribution in [0.1, 0.15) is 34.7 Å². The Hall–Kier alpha value is -2.27. The van der Waals surface area contributed by atoms with Crippen molar-refractivity contribution in [3.05, 3.63) is 65.7 Å². The number of fused-ring (bicyclic) bond motifs is 2. The first kappa shape index (κ1) is 15.9. The number of hydrogen-bond donors (Lipinski definition) is 0. The van der Waals surface area contributed by atoms with Gasteiger partial charge < -0.3 is 4.90 Å². The molecule has 1 aromatic heterocycles. The lowest BCUT2D eigenvalue weighted by Gasteiger charge is -2.51. The van der Waals surface area contributed by atoms with Crippen molar-refractivity contribution in [2.75, 3.05) is 19.6 Å². The van der Waals surface area contributed by atoms with Crippen molar-refractivity contribution < 1.29 is 9.18 Å². The van der Waals surface area contributed by atoms with Gasteiger partial charge in [0.2, 0.25) is 0 Å². The smallest absolute Gasteiger partial charge is 0.255 e. The number of halogens is 1. The lowest BCUT2D eigenvalue weighted by molar-refractivity contribution is -0.00342. The molecule has 134 valence electrons. The molecule has 0 N–H and O–H groups in total. The number of nitrogens with zero attached hydrogens (tertiary/aromatic N) is 3. The average molecular weight is 351 g/mol. The van der Waals surface area contributed by atoms with Crippen molar-refractivity contribution >= 4 is 5.91 Å². The molecule has 5 heterocycles. The molecule has 2 aromatic rings. The van der Waals surface area contributed by atoms with Crippen molar-refractivity contribution in [3.63, 3.8) is 0 Å². The fraction of sp³-hybridized carbons (Fsp3) is 0.429. The fourth-order valence-corrected chi connectivity index (χ4v) is 5.31. The number of piperidine rings is 3. The molecule has 3 atom stereocenters. The van der Waals surface area contributed by atoms with Crippen LogP contribution >= 0.6 is 0 Å². The van der Waals surface area contributed by atoms with Gasteiger partial charge in [-0.1, -0.05) is 12.1 Å². The second kappa shape index (κ2) is 6.16.